The van der Waals surface area contributed by atoms with E-state index in [2.05, 4.69) is 68.5 Å². The van der Waals surface area contributed by atoms with Crippen LogP contribution in [0.1, 0.15) is 0 Å². The Labute approximate surface area is 341 Å². The van der Waals surface area contributed by atoms with Gasteiger partial charge < -0.3 is 0 Å². The minimum Gasteiger partial charge on any atom is -0.253 e. The number of rotatable bonds is 6. The zero-order valence-corrected chi connectivity index (χ0v) is 31.6. The molecule has 0 bridgehead atoms. The van der Waals surface area contributed by atoms with Gasteiger partial charge in [0.25, 0.3) is 0 Å². The molecule has 0 fully saturated rings. The normalized spacial score (nSPS) is 11.7. The summed E-state index contributed by atoms with van der Waals surface area (Å²) in [6.07, 6.45) is 6.77. The Bertz CT molecular complexity index is 3380. The smallest absolute Gasteiger partial charge is 0.164 e. The molecule has 0 radical (unpaired) electrons. The highest BCUT2D eigenvalue weighted by atomic mass is 15.0. The number of nitrogens with zero attached hydrogens (tertiary/aromatic N) is 10. The molecule has 0 aliphatic rings. The highest BCUT2D eigenvalue weighted by Crippen LogP contribution is 2.42. The molecule has 0 atom stereocenters. The van der Waals surface area contributed by atoms with Crippen molar-refractivity contribution in [1.29, 1.82) is 0 Å². The highest BCUT2D eigenvalue weighted by molar-refractivity contribution is 6.27. The van der Waals surface area contributed by atoms with Crippen LogP contribution in [-0.2, 0) is 0 Å². The van der Waals surface area contributed by atoms with E-state index in [1.165, 1.54) is 0 Å². The second-order valence-electron chi connectivity index (χ2n) is 14.5. The molecule has 0 aliphatic carbocycles. The molecule has 0 saturated carbocycles. The minimum absolute atomic E-state index is 0.553. The lowest BCUT2D eigenvalue weighted by atomic mass is 9.89. The van der Waals surface area contributed by atoms with Gasteiger partial charge in [0.1, 0.15) is 0 Å². The lowest BCUT2D eigenvalue weighted by molar-refractivity contribution is 1.08. The van der Waals surface area contributed by atoms with Crippen LogP contribution in [-0.4, -0.2) is 49.8 Å². The third-order valence-electron chi connectivity index (χ3n) is 10.9. The second kappa shape index (κ2) is 13.6. The van der Waals surface area contributed by atoms with Gasteiger partial charge in [-0.05, 0) is 80.8 Å². The molecule has 0 unspecified atom stereocenters. The number of aromatic nitrogens is 10. The zero-order valence-electron chi connectivity index (χ0n) is 31.6. The molecule has 10 nitrogen and oxygen atoms in total. The summed E-state index contributed by atoms with van der Waals surface area (Å²) in [6.45, 7) is 0. The Morgan fingerprint density at radius 2 is 0.633 bits per heavy atom. The first kappa shape index (κ1) is 33.6. The molecule has 12 rings (SSSR count). The van der Waals surface area contributed by atoms with Gasteiger partial charge in [-0.25, -0.2) is 29.9 Å². The van der Waals surface area contributed by atoms with Crippen molar-refractivity contribution in [3.63, 3.8) is 0 Å². The van der Waals surface area contributed by atoms with Crippen LogP contribution < -0.4 is 0 Å². The maximum absolute atomic E-state index is 5.14. The Morgan fingerprint density at radius 3 is 1.07 bits per heavy atom. The second-order valence-corrected chi connectivity index (χ2v) is 14.5. The predicted molar refractivity (Wildman–Crippen MR) is 236 cm³/mol. The zero-order chi connectivity index (χ0) is 39.6. The molecule has 8 aromatic carbocycles. The van der Waals surface area contributed by atoms with E-state index in [1.807, 2.05) is 97.1 Å². The number of fused-ring (bicyclic) bond motifs is 2. The van der Waals surface area contributed by atoms with Crippen LogP contribution in [0.2, 0.25) is 0 Å². The van der Waals surface area contributed by atoms with Crippen LogP contribution in [0.4, 0.5) is 0 Å². The Hall–Kier alpha value is -8.50. The average Bonchev–Trinajstić information content (AvgIpc) is 3.33. The molecule has 0 aliphatic heterocycles. The first-order valence-corrected chi connectivity index (χ1v) is 19.5. The van der Waals surface area contributed by atoms with Crippen molar-refractivity contribution >= 4 is 54.4 Å². The Kier molecular flexibility index (Phi) is 7.60. The fraction of sp³-hybridized carbons (Fsp3) is 0. The molecule has 0 saturated heterocycles. The van der Waals surface area contributed by atoms with Crippen LogP contribution in [0.25, 0.3) is 123 Å². The van der Waals surface area contributed by atoms with E-state index < -0.39 is 0 Å². The minimum atomic E-state index is 0.553. The molecule has 12 aromatic rings. The van der Waals surface area contributed by atoms with Gasteiger partial charge in [0.2, 0.25) is 0 Å². The molecule has 4 heterocycles. The van der Waals surface area contributed by atoms with E-state index >= 15 is 0 Å². The Balaban J connectivity index is 1.06. The summed E-state index contributed by atoms with van der Waals surface area (Å²) < 4.78 is 0. The third-order valence-corrected chi connectivity index (χ3v) is 10.9. The summed E-state index contributed by atoms with van der Waals surface area (Å²) in [6, 6.07) is 49.1. The lowest BCUT2D eigenvalue weighted by Gasteiger charge is -2.16. The molecule has 10 heteroatoms. The summed E-state index contributed by atoms with van der Waals surface area (Å²) in [5, 5.41) is 6.49. The van der Waals surface area contributed by atoms with Gasteiger partial charge in [-0.1, -0.05) is 97.1 Å². The van der Waals surface area contributed by atoms with E-state index in [-0.39, 0.29) is 0 Å². The summed E-state index contributed by atoms with van der Waals surface area (Å²) in [5.74, 6) is 3.43. The van der Waals surface area contributed by atoms with E-state index in [4.69, 9.17) is 29.9 Å². The van der Waals surface area contributed by atoms with E-state index in [0.29, 0.717) is 34.9 Å². The van der Waals surface area contributed by atoms with Gasteiger partial charge in [-0.2, -0.15) is 0 Å². The standard InChI is InChI=1S/C50H28N10/c1-3-7-31(8-4-1)45-55-47(33-15-21-39-41(27-33)53-25-23-51-39)59-49(57-45)37-19-13-29-12-18-36-38(20-14-30-11-17-35(37)43(29)44(30)36)50-58-46(32-9-5-2-6-10-32)56-48(60-50)34-16-22-40-42(28-34)54-26-24-52-40/h1-28H. The van der Waals surface area contributed by atoms with Crippen LogP contribution in [0.3, 0.4) is 0 Å². The van der Waals surface area contributed by atoms with Gasteiger partial charge in [-0.3, -0.25) is 19.9 Å². The molecule has 278 valence electrons. The van der Waals surface area contributed by atoms with Gasteiger partial charge >= 0.3 is 0 Å². The predicted octanol–water partition coefficient (Wildman–Crippen LogP) is 10.8. The molecule has 0 amide bonds. The average molecular weight is 769 g/mol. The first-order valence-electron chi connectivity index (χ1n) is 19.5. The van der Waals surface area contributed by atoms with Gasteiger partial charge in [0.05, 0.1) is 22.1 Å². The number of benzene rings is 8. The van der Waals surface area contributed by atoms with Crippen molar-refractivity contribution < 1.29 is 0 Å². The number of hydrogen-bond donors (Lipinski definition) is 0. The van der Waals surface area contributed by atoms with Crippen molar-refractivity contribution in [2.24, 2.45) is 0 Å². The lowest BCUT2D eigenvalue weighted by Crippen LogP contribution is -2.01. The van der Waals surface area contributed by atoms with E-state index in [0.717, 1.165) is 87.8 Å². The summed E-state index contributed by atoms with van der Waals surface area (Å²) in [4.78, 5) is 48.5. The molecule has 60 heavy (non-hydrogen) atoms. The SMILES string of the molecule is c1ccc(-c2nc(-c3ccc4nccnc4c3)nc(-c3ccc4ccc5c(-c6nc(-c7ccccc7)nc(-c7ccc8nccnc8c7)n6)ccc6ccc3c4c65)n2)cc1. The Morgan fingerprint density at radius 1 is 0.267 bits per heavy atom. The van der Waals surface area contributed by atoms with E-state index in [1.54, 1.807) is 24.8 Å². The van der Waals surface area contributed by atoms with Crippen molar-refractivity contribution in [3.05, 3.63) is 170 Å². The van der Waals surface area contributed by atoms with Crippen molar-refractivity contribution in [2.75, 3.05) is 0 Å². The van der Waals surface area contributed by atoms with Gasteiger partial charge in [-0.15, -0.1) is 0 Å². The van der Waals surface area contributed by atoms with Crippen LogP contribution >= 0.6 is 0 Å². The van der Waals surface area contributed by atoms with Crippen molar-refractivity contribution in [2.45, 2.75) is 0 Å². The van der Waals surface area contributed by atoms with Gasteiger partial charge in [0.15, 0.2) is 34.9 Å². The van der Waals surface area contributed by atoms with Crippen molar-refractivity contribution in [3.8, 4) is 68.3 Å². The monoisotopic (exact) mass is 768 g/mol. The summed E-state index contributed by atoms with van der Waals surface area (Å²) in [5.41, 5.74) is 8.39. The highest BCUT2D eigenvalue weighted by Gasteiger charge is 2.21. The molecule has 0 N–H and O–H groups in total. The summed E-state index contributed by atoms with van der Waals surface area (Å²) >= 11 is 0. The number of hydrogen-bond acceptors (Lipinski definition) is 10. The third kappa shape index (κ3) is 5.65. The molecular weight excluding hydrogens is 741 g/mol. The van der Waals surface area contributed by atoms with Crippen LogP contribution in [0, 0.1) is 0 Å². The van der Waals surface area contributed by atoms with Crippen LogP contribution in [0.15, 0.2) is 170 Å². The maximum atomic E-state index is 5.14. The first-order chi connectivity index (χ1) is 29.7. The molecule has 0 spiro atoms. The van der Waals surface area contributed by atoms with Crippen LogP contribution in [0.5, 0.6) is 0 Å². The van der Waals surface area contributed by atoms with E-state index in [9.17, 15) is 0 Å². The maximum Gasteiger partial charge on any atom is 0.164 e. The molecule has 4 aromatic heterocycles. The van der Waals surface area contributed by atoms with Crippen molar-refractivity contribution in [1.82, 2.24) is 49.8 Å². The fourth-order valence-corrected chi connectivity index (χ4v) is 8.08. The quantitative estimate of drug-likeness (QED) is 0.151. The topological polar surface area (TPSA) is 129 Å². The summed E-state index contributed by atoms with van der Waals surface area (Å²) in [7, 11) is 0. The van der Waals surface area contributed by atoms with Gasteiger partial charge in [0, 0.05) is 58.2 Å². The fourth-order valence-electron chi connectivity index (χ4n) is 8.08. The molecular formula is C50H28N10. The largest absolute Gasteiger partial charge is 0.253 e.